The first-order valence-corrected chi connectivity index (χ1v) is 16.8. The van der Waals surface area contributed by atoms with Gasteiger partial charge < -0.3 is 47.4 Å². The quantitative estimate of drug-likeness (QED) is 0.247. The largest absolute Gasteiger partial charge is 0.368 e. The molecule has 4 heterocycles. The summed E-state index contributed by atoms with van der Waals surface area (Å²) >= 11 is 0. The second-order valence-electron chi connectivity index (χ2n) is 13.6. The van der Waals surface area contributed by atoms with Crippen molar-refractivity contribution in [3.05, 3.63) is 108 Å². The highest BCUT2D eigenvalue weighted by molar-refractivity contribution is 5.15. The van der Waals surface area contributed by atoms with Gasteiger partial charge in [0.1, 0.15) is 42.7 Å². The van der Waals surface area contributed by atoms with Gasteiger partial charge in [0.25, 0.3) is 0 Å². The molecule has 4 aliphatic rings. The van der Waals surface area contributed by atoms with E-state index in [4.69, 9.17) is 47.4 Å². The standard InChI is InChI=1S/C38H46O10/c1-37(2)45-31-29(44-36-34(32(31)46-37)47-38(3,4)48-36)24-43-35-33(41-22-27-18-12-7-13-19-27)30(40-21-26-16-10-6-11-17-26)28(23-42-35)39-20-25-14-8-5-9-15-25/h5-19,28-36H,20-24H2,1-4H3/t28-,29-,30+,31+,32+,33-,34-,35-,36-/m1/s1. The average molecular weight is 663 g/mol. The maximum Gasteiger partial charge on any atom is 0.190 e. The van der Waals surface area contributed by atoms with Gasteiger partial charge in [-0.15, -0.1) is 0 Å². The molecule has 3 aromatic carbocycles. The lowest BCUT2D eigenvalue weighted by molar-refractivity contribution is -0.313. The number of hydrogen-bond donors (Lipinski definition) is 0. The van der Waals surface area contributed by atoms with E-state index >= 15 is 0 Å². The van der Waals surface area contributed by atoms with E-state index in [1.807, 2.05) is 119 Å². The fraction of sp³-hybridized carbons (Fsp3) is 0.526. The molecule has 0 aromatic heterocycles. The molecule has 4 saturated heterocycles. The van der Waals surface area contributed by atoms with Crippen molar-refractivity contribution >= 4 is 0 Å². The Morgan fingerprint density at radius 3 is 1.67 bits per heavy atom. The molecular weight excluding hydrogens is 616 g/mol. The zero-order valence-electron chi connectivity index (χ0n) is 28.0. The van der Waals surface area contributed by atoms with Crippen LogP contribution in [0.3, 0.4) is 0 Å². The van der Waals surface area contributed by atoms with Crippen LogP contribution in [0.2, 0.25) is 0 Å². The molecule has 4 aliphatic heterocycles. The summed E-state index contributed by atoms with van der Waals surface area (Å²) in [5.74, 6) is -1.63. The maximum atomic E-state index is 6.65. The molecule has 0 spiro atoms. The molecule has 258 valence electrons. The number of fused-ring (bicyclic) bond motifs is 3. The van der Waals surface area contributed by atoms with Gasteiger partial charge in [0, 0.05) is 0 Å². The second kappa shape index (κ2) is 14.6. The molecule has 9 atom stereocenters. The van der Waals surface area contributed by atoms with Crippen LogP contribution < -0.4 is 0 Å². The van der Waals surface area contributed by atoms with Crippen molar-refractivity contribution in [2.24, 2.45) is 0 Å². The van der Waals surface area contributed by atoms with Gasteiger partial charge >= 0.3 is 0 Å². The first kappa shape index (κ1) is 33.7. The van der Waals surface area contributed by atoms with Gasteiger partial charge in [-0.25, -0.2) is 0 Å². The van der Waals surface area contributed by atoms with E-state index in [1.165, 1.54) is 0 Å². The molecule has 0 bridgehead atoms. The summed E-state index contributed by atoms with van der Waals surface area (Å²) in [7, 11) is 0. The van der Waals surface area contributed by atoms with Crippen LogP contribution in [0.1, 0.15) is 44.4 Å². The number of rotatable bonds is 12. The molecule has 0 saturated carbocycles. The number of ether oxygens (including phenoxy) is 10. The smallest absolute Gasteiger partial charge is 0.190 e. The van der Waals surface area contributed by atoms with Crippen molar-refractivity contribution in [2.75, 3.05) is 13.2 Å². The molecule has 0 N–H and O–H groups in total. The van der Waals surface area contributed by atoms with Crippen molar-refractivity contribution in [3.63, 3.8) is 0 Å². The van der Waals surface area contributed by atoms with Gasteiger partial charge in [-0.2, -0.15) is 0 Å². The first-order chi connectivity index (χ1) is 23.2. The molecule has 48 heavy (non-hydrogen) atoms. The van der Waals surface area contributed by atoms with Crippen LogP contribution in [-0.2, 0) is 67.2 Å². The maximum absolute atomic E-state index is 6.65. The van der Waals surface area contributed by atoms with Crippen molar-refractivity contribution in [2.45, 2.75) is 114 Å². The minimum atomic E-state index is -0.815. The van der Waals surface area contributed by atoms with E-state index in [0.29, 0.717) is 19.8 Å². The minimum Gasteiger partial charge on any atom is -0.368 e. The summed E-state index contributed by atoms with van der Waals surface area (Å²) in [4.78, 5) is 0. The third kappa shape index (κ3) is 8.00. The molecule has 10 nitrogen and oxygen atoms in total. The molecule has 0 unspecified atom stereocenters. The Hall–Kier alpha value is -2.74. The van der Waals surface area contributed by atoms with Crippen LogP contribution in [0, 0.1) is 0 Å². The Morgan fingerprint density at radius 1 is 0.562 bits per heavy atom. The normalized spacial score (nSPS) is 33.6. The highest BCUT2D eigenvalue weighted by Gasteiger charge is 2.61. The lowest BCUT2D eigenvalue weighted by Crippen LogP contribution is -2.59. The third-order valence-electron chi connectivity index (χ3n) is 8.94. The first-order valence-electron chi connectivity index (χ1n) is 16.8. The van der Waals surface area contributed by atoms with Gasteiger partial charge in [-0.3, -0.25) is 0 Å². The summed E-state index contributed by atoms with van der Waals surface area (Å²) in [6, 6.07) is 30.2. The van der Waals surface area contributed by atoms with Crippen molar-refractivity contribution in [1.82, 2.24) is 0 Å². The Labute approximate surface area is 282 Å². The Morgan fingerprint density at radius 2 is 1.06 bits per heavy atom. The molecule has 7 rings (SSSR count). The molecule has 10 heteroatoms. The Bertz CT molecular complexity index is 1440. The highest BCUT2D eigenvalue weighted by atomic mass is 16.9. The van der Waals surface area contributed by atoms with E-state index < -0.39 is 60.8 Å². The topological polar surface area (TPSA) is 92.3 Å². The summed E-state index contributed by atoms with van der Waals surface area (Å²) < 4.78 is 64.0. The van der Waals surface area contributed by atoms with Crippen LogP contribution in [0.15, 0.2) is 91.0 Å². The third-order valence-corrected chi connectivity index (χ3v) is 8.94. The Kier molecular flexibility index (Phi) is 10.3. The molecule has 0 radical (unpaired) electrons. The van der Waals surface area contributed by atoms with Gasteiger partial charge in [0.2, 0.25) is 0 Å². The predicted octanol–water partition coefficient (Wildman–Crippen LogP) is 5.51. The lowest BCUT2D eigenvalue weighted by Gasteiger charge is -2.43. The van der Waals surface area contributed by atoms with E-state index in [-0.39, 0.29) is 19.3 Å². The molecular formula is C38H46O10. The van der Waals surface area contributed by atoms with Crippen LogP contribution in [0.25, 0.3) is 0 Å². The monoisotopic (exact) mass is 662 g/mol. The fourth-order valence-corrected chi connectivity index (χ4v) is 6.74. The van der Waals surface area contributed by atoms with Gasteiger partial charge in [0.15, 0.2) is 24.2 Å². The fourth-order valence-electron chi connectivity index (χ4n) is 6.74. The SMILES string of the molecule is CC1(C)O[C@H]2[C@@H](O1)[C@@H](CO[C@H]1OC[C@@H](OCc3ccccc3)[C@H](OCc3ccccc3)[C@H]1OCc1ccccc1)O[C@@H]1OC(C)(C)O[C@@H]12. The van der Waals surface area contributed by atoms with E-state index in [2.05, 4.69) is 0 Å². The second-order valence-corrected chi connectivity index (χ2v) is 13.6. The summed E-state index contributed by atoms with van der Waals surface area (Å²) in [6.07, 6.45) is -4.69. The van der Waals surface area contributed by atoms with E-state index in [9.17, 15) is 0 Å². The number of hydrogen-bond acceptors (Lipinski definition) is 10. The average Bonchev–Trinajstić information content (AvgIpc) is 3.59. The zero-order valence-corrected chi connectivity index (χ0v) is 28.0. The van der Waals surface area contributed by atoms with Crippen molar-refractivity contribution < 1.29 is 47.4 Å². The van der Waals surface area contributed by atoms with Crippen molar-refractivity contribution in [3.8, 4) is 0 Å². The van der Waals surface area contributed by atoms with Crippen LogP contribution in [-0.4, -0.2) is 80.1 Å². The van der Waals surface area contributed by atoms with Crippen LogP contribution >= 0.6 is 0 Å². The highest BCUT2D eigenvalue weighted by Crippen LogP contribution is 2.44. The van der Waals surface area contributed by atoms with Gasteiger partial charge in [-0.1, -0.05) is 91.0 Å². The molecule has 4 fully saturated rings. The summed E-state index contributed by atoms with van der Waals surface area (Å²) in [5, 5.41) is 0. The minimum absolute atomic E-state index is 0.143. The van der Waals surface area contributed by atoms with Crippen LogP contribution in [0.5, 0.6) is 0 Å². The van der Waals surface area contributed by atoms with Gasteiger partial charge in [-0.05, 0) is 44.4 Å². The summed E-state index contributed by atoms with van der Waals surface area (Å²) in [5.41, 5.74) is 3.13. The molecule has 0 aliphatic carbocycles. The summed E-state index contributed by atoms with van der Waals surface area (Å²) in [6.45, 7) is 9.03. The predicted molar refractivity (Wildman–Crippen MR) is 173 cm³/mol. The van der Waals surface area contributed by atoms with Crippen molar-refractivity contribution in [1.29, 1.82) is 0 Å². The van der Waals surface area contributed by atoms with Gasteiger partial charge in [0.05, 0.1) is 33.0 Å². The molecule has 0 amide bonds. The Balaban J connectivity index is 1.11. The molecule has 3 aromatic rings. The zero-order chi connectivity index (χ0) is 33.1. The van der Waals surface area contributed by atoms with E-state index in [0.717, 1.165) is 16.7 Å². The lowest BCUT2D eigenvalue weighted by atomic mass is 9.99. The van der Waals surface area contributed by atoms with E-state index in [1.54, 1.807) is 0 Å². The van der Waals surface area contributed by atoms with Crippen LogP contribution in [0.4, 0.5) is 0 Å². The number of benzene rings is 3.